The van der Waals surface area contributed by atoms with Gasteiger partial charge in [-0.2, -0.15) is 0 Å². The molecule has 1 aromatic heterocycles. The molecule has 0 atom stereocenters. The molecule has 0 aliphatic rings. The molecule has 0 spiro atoms. The van der Waals surface area contributed by atoms with Crippen LogP contribution in [0, 0.1) is 0 Å². The first-order valence-corrected chi connectivity index (χ1v) is 6.51. The van der Waals surface area contributed by atoms with E-state index < -0.39 is 0 Å². The fourth-order valence-corrected chi connectivity index (χ4v) is 2.36. The number of benzene rings is 2. The van der Waals surface area contributed by atoms with E-state index in [0.29, 0.717) is 27.4 Å². The molecule has 21 heavy (non-hydrogen) atoms. The Balaban J connectivity index is 2.29. The summed E-state index contributed by atoms with van der Waals surface area (Å²) in [4.78, 5) is 0. The lowest BCUT2D eigenvalue weighted by Gasteiger charge is -2.11. The Kier molecular flexibility index (Phi) is 3.41. The summed E-state index contributed by atoms with van der Waals surface area (Å²) in [5.41, 5.74) is 1.78. The smallest absolute Gasteiger partial charge is 0.126 e. The second-order valence-electron chi connectivity index (χ2n) is 4.35. The zero-order valence-electron chi connectivity index (χ0n) is 10.7. The van der Waals surface area contributed by atoms with Crippen LogP contribution in [0.5, 0.6) is 11.5 Å². The molecule has 6 heteroatoms. The summed E-state index contributed by atoms with van der Waals surface area (Å²) in [6, 6.07) is 11.6. The minimum atomic E-state index is -0.0142. The van der Waals surface area contributed by atoms with Gasteiger partial charge < -0.3 is 10.2 Å². The van der Waals surface area contributed by atoms with E-state index in [9.17, 15) is 10.2 Å². The molecule has 0 saturated heterocycles. The van der Waals surface area contributed by atoms with Crippen molar-refractivity contribution < 1.29 is 10.2 Å². The largest absolute Gasteiger partial charge is 0.507 e. The van der Waals surface area contributed by atoms with Gasteiger partial charge in [-0.25, -0.2) is 0 Å². The van der Waals surface area contributed by atoms with Crippen molar-refractivity contribution in [3.05, 3.63) is 53.7 Å². The van der Waals surface area contributed by atoms with Crippen molar-refractivity contribution in [2.75, 3.05) is 0 Å². The van der Waals surface area contributed by atoms with Gasteiger partial charge in [-0.05, 0) is 23.4 Å². The van der Waals surface area contributed by atoms with Crippen LogP contribution in [-0.4, -0.2) is 25.6 Å². The van der Waals surface area contributed by atoms with Gasteiger partial charge in [0.1, 0.15) is 17.2 Å². The first-order chi connectivity index (χ1) is 10.2. The SMILES string of the molecule is Oc1ccccc1-c1cnnnc1-c1c(O)cccc1Cl. The summed E-state index contributed by atoms with van der Waals surface area (Å²) in [6.45, 7) is 0. The van der Waals surface area contributed by atoms with E-state index in [4.69, 9.17) is 11.6 Å². The van der Waals surface area contributed by atoms with E-state index in [1.54, 1.807) is 36.4 Å². The standard InChI is InChI=1S/C15H10ClN3O2/c16-11-5-3-7-13(21)14(11)15-10(8-17-19-18-15)9-4-1-2-6-12(9)20/h1-8,20-21H. The van der Waals surface area contributed by atoms with Crippen LogP contribution in [0.2, 0.25) is 5.02 Å². The number of phenolic OH excluding ortho intramolecular Hbond substituents is 2. The molecule has 0 amide bonds. The second-order valence-corrected chi connectivity index (χ2v) is 4.75. The molecule has 0 aliphatic carbocycles. The fourth-order valence-electron chi connectivity index (χ4n) is 2.10. The molecule has 3 rings (SSSR count). The summed E-state index contributed by atoms with van der Waals surface area (Å²) in [7, 11) is 0. The summed E-state index contributed by atoms with van der Waals surface area (Å²) < 4.78 is 0. The Bertz CT molecular complexity index is 788. The maximum absolute atomic E-state index is 10.1. The molecule has 5 nitrogen and oxygen atoms in total. The molecule has 0 aliphatic heterocycles. The van der Waals surface area contributed by atoms with E-state index >= 15 is 0 Å². The Morgan fingerprint density at radius 1 is 0.857 bits per heavy atom. The third kappa shape index (κ3) is 2.39. The van der Waals surface area contributed by atoms with Crippen molar-refractivity contribution in [2.24, 2.45) is 0 Å². The van der Waals surface area contributed by atoms with Crippen LogP contribution in [0.25, 0.3) is 22.4 Å². The van der Waals surface area contributed by atoms with Crippen LogP contribution in [-0.2, 0) is 0 Å². The molecule has 3 aromatic rings. The van der Waals surface area contributed by atoms with Crippen LogP contribution < -0.4 is 0 Å². The number of rotatable bonds is 2. The van der Waals surface area contributed by atoms with Gasteiger partial charge in [-0.1, -0.05) is 35.9 Å². The van der Waals surface area contributed by atoms with E-state index in [0.717, 1.165) is 0 Å². The lowest BCUT2D eigenvalue weighted by molar-refractivity contribution is 0.475. The molecule has 2 aromatic carbocycles. The highest BCUT2D eigenvalue weighted by Gasteiger charge is 2.18. The summed E-state index contributed by atoms with van der Waals surface area (Å²) in [5.74, 6) is 0.0692. The van der Waals surface area contributed by atoms with Crippen molar-refractivity contribution in [3.8, 4) is 33.9 Å². The minimum absolute atomic E-state index is 0.0142. The normalized spacial score (nSPS) is 10.5. The van der Waals surface area contributed by atoms with E-state index in [2.05, 4.69) is 15.4 Å². The number of hydrogen-bond donors (Lipinski definition) is 2. The lowest BCUT2D eigenvalue weighted by Crippen LogP contribution is -1.96. The number of halogens is 1. The average Bonchev–Trinajstić information content (AvgIpc) is 2.48. The quantitative estimate of drug-likeness (QED) is 0.759. The number of aromatic hydroxyl groups is 2. The Morgan fingerprint density at radius 3 is 2.38 bits per heavy atom. The Labute approximate surface area is 125 Å². The van der Waals surface area contributed by atoms with Crippen molar-refractivity contribution in [2.45, 2.75) is 0 Å². The van der Waals surface area contributed by atoms with Gasteiger partial charge in [-0.3, -0.25) is 0 Å². The molecule has 1 heterocycles. The summed E-state index contributed by atoms with van der Waals surface area (Å²) >= 11 is 6.15. The van der Waals surface area contributed by atoms with Crippen molar-refractivity contribution in [3.63, 3.8) is 0 Å². The topological polar surface area (TPSA) is 79.1 Å². The fraction of sp³-hybridized carbons (Fsp3) is 0. The molecular weight excluding hydrogens is 290 g/mol. The van der Waals surface area contributed by atoms with Crippen LogP contribution >= 0.6 is 11.6 Å². The highest BCUT2D eigenvalue weighted by Crippen LogP contribution is 2.40. The number of para-hydroxylation sites is 1. The van der Waals surface area contributed by atoms with Gasteiger partial charge in [0.15, 0.2) is 0 Å². The molecule has 0 saturated carbocycles. The van der Waals surface area contributed by atoms with E-state index in [-0.39, 0.29) is 11.5 Å². The molecule has 0 radical (unpaired) electrons. The summed E-state index contributed by atoms with van der Waals surface area (Å²) in [6.07, 6.45) is 1.47. The van der Waals surface area contributed by atoms with Crippen molar-refractivity contribution >= 4 is 11.6 Å². The highest BCUT2D eigenvalue weighted by molar-refractivity contribution is 6.33. The van der Waals surface area contributed by atoms with Crippen molar-refractivity contribution in [1.82, 2.24) is 15.4 Å². The minimum Gasteiger partial charge on any atom is -0.507 e. The number of phenols is 2. The first kappa shape index (κ1) is 13.3. The molecule has 104 valence electrons. The third-order valence-electron chi connectivity index (χ3n) is 3.06. The monoisotopic (exact) mass is 299 g/mol. The maximum Gasteiger partial charge on any atom is 0.126 e. The van der Waals surface area contributed by atoms with Crippen LogP contribution in [0.3, 0.4) is 0 Å². The van der Waals surface area contributed by atoms with Gasteiger partial charge in [0, 0.05) is 11.1 Å². The van der Waals surface area contributed by atoms with Gasteiger partial charge >= 0.3 is 0 Å². The number of hydrogen-bond acceptors (Lipinski definition) is 5. The molecular formula is C15H10ClN3O2. The first-order valence-electron chi connectivity index (χ1n) is 6.13. The highest BCUT2D eigenvalue weighted by atomic mass is 35.5. The number of nitrogens with zero attached hydrogens (tertiary/aromatic N) is 3. The van der Waals surface area contributed by atoms with Crippen LogP contribution in [0.1, 0.15) is 0 Å². The zero-order valence-corrected chi connectivity index (χ0v) is 11.5. The van der Waals surface area contributed by atoms with Crippen LogP contribution in [0.15, 0.2) is 48.7 Å². The molecule has 0 fully saturated rings. The summed E-state index contributed by atoms with van der Waals surface area (Å²) in [5, 5.41) is 31.7. The molecule has 0 bridgehead atoms. The predicted octanol–water partition coefficient (Wildman–Crippen LogP) is 3.27. The van der Waals surface area contributed by atoms with E-state index in [1.807, 2.05) is 0 Å². The Morgan fingerprint density at radius 2 is 1.62 bits per heavy atom. The van der Waals surface area contributed by atoms with Crippen molar-refractivity contribution in [1.29, 1.82) is 0 Å². The van der Waals surface area contributed by atoms with Gasteiger partial charge in [0.25, 0.3) is 0 Å². The maximum atomic E-state index is 10.1. The Hall–Kier alpha value is -2.66. The van der Waals surface area contributed by atoms with Gasteiger partial charge in [0.2, 0.25) is 0 Å². The predicted molar refractivity (Wildman–Crippen MR) is 79.0 cm³/mol. The molecule has 2 N–H and O–H groups in total. The second kappa shape index (κ2) is 5.38. The molecule has 0 unspecified atom stereocenters. The van der Waals surface area contributed by atoms with Gasteiger partial charge in [0.05, 0.1) is 16.8 Å². The average molecular weight is 300 g/mol. The zero-order chi connectivity index (χ0) is 14.8. The third-order valence-corrected chi connectivity index (χ3v) is 3.38. The lowest BCUT2D eigenvalue weighted by atomic mass is 10.00. The van der Waals surface area contributed by atoms with Crippen LogP contribution in [0.4, 0.5) is 0 Å². The number of aromatic nitrogens is 3. The van der Waals surface area contributed by atoms with Gasteiger partial charge in [-0.15, -0.1) is 10.2 Å². The van der Waals surface area contributed by atoms with E-state index in [1.165, 1.54) is 12.3 Å².